The molecule has 0 atom stereocenters. The van der Waals surface area contributed by atoms with Crippen molar-refractivity contribution in [1.29, 1.82) is 0 Å². The quantitative estimate of drug-likeness (QED) is 0.895. The Morgan fingerprint density at radius 1 is 1.28 bits per heavy atom. The number of thiophene rings is 1. The number of carbonyl (C=O) groups is 1. The summed E-state index contributed by atoms with van der Waals surface area (Å²) in [6.07, 6.45) is 0. The molecule has 0 saturated heterocycles. The largest absolute Gasteiger partial charge is 0.380 e. The number of rotatable bonds is 4. The number of amides is 1. The minimum Gasteiger partial charge on any atom is -0.380 e. The van der Waals surface area contributed by atoms with E-state index in [9.17, 15) is 13.6 Å². The standard InChI is InChI=1S/C12H10F2N2OS/c13-10-2-1-8(4-11(10)14)16-5-9-3-7(6-18-9)12(15)17/h1-4,6,16H,5H2,(H2,15,17). The van der Waals surface area contributed by atoms with Crippen molar-refractivity contribution >= 4 is 22.9 Å². The molecule has 0 unspecified atom stereocenters. The third-order valence-electron chi connectivity index (χ3n) is 2.32. The van der Waals surface area contributed by atoms with Gasteiger partial charge in [0.25, 0.3) is 0 Å². The second-order valence-corrected chi connectivity index (χ2v) is 4.64. The molecule has 0 bridgehead atoms. The average Bonchev–Trinajstić information content (AvgIpc) is 2.79. The maximum absolute atomic E-state index is 12.9. The number of hydrogen-bond acceptors (Lipinski definition) is 3. The van der Waals surface area contributed by atoms with Crippen molar-refractivity contribution < 1.29 is 13.6 Å². The molecule has 1 aromatic heterocycles. The molecule has 0 aliphatic heterocycles. The number of carbonyl (C=O) groups excluding carboxylic acids is 1. The molecular weight excluding hydrogens is 258 g/mol. The Labute approximate surface area is 106 Å². The summed E-state index contributed by atoms with van der Waals surface area (Å²) in [5.41, 5.74) is 6.05. The molecule has 0 fully saturated rings. The van der Waals surface area contributed by atoms with Crippen molar-refractivity contribution in [3.8, 4) is 0 Å². The first-order valence-electron chi connectivity index (χ1n) is 5.12. The summed E-state index contributed by atoms with van der Waals surface area (Å²) in [7, 11) is 0. The lowest BCUT2D eigenvalue weighted by Gasteiger charge is -2.04. The lowest BCUT2D eigenvalue weighted by molar-refractivity contribution is 0.100. The maximum Gasteiger partial charge on any atom is 0.249 e. The van der Waals surface area contributed by atoms with Crippen LogP contribution in [0.3, 0.4) is 0 Å². The van der Waals surface area contributed by atoms with Gasteiger partial charge in [-0.25, -0.2) is 8.78 Å². The van der Waals surface area contributed by atoms with Crippen molar-refractivity contribution in [2.75, 3.05) is 5.32 Å². The van der Waals surface area contributed by atoms with Gasteiger partial charge < -0.3 is 11.1 Å². The third kappa shape index (κ3) is 2.84. The van der Waals surface area contributed by atoms with Crippen LogP contribution in [0, 0.1) is 11.6 Å². The Balaban J connectivity index is 2.02. The van der Waals surface area contributed by atoms with E-state index in [0.29, 0.717) is 17.8 Å². The predicted octanol–water partition coefficient (Wildman–Crippen LogP) is 2.74. The zero-order valence-corrected chi connectivity index (χ0v) is 10.1. The Morgan fingerprint density at radius 2 is 2.06 bits per heavy atom. The first-order valence-corrected chi connectivity index (χ1v) is 6.00. The van der Waals surface area contributed by atoms with Crippen LogP contribution in [0.1, 0.15) is 15.2 Å². The average molecular weight is 268 g/mol. The van der Waals surface area contributed by atoms with Gasteiger partial charge in [-0.1, -0.05) is 0 Å². The predicted molar refractivity (Wildman–Crippen MR) is 66.5 cm³/mol. The van der Waals surface area contributed by atoms with E-state index in [2.05, 4.69) is 5.32 Å². The Morgan fingerprint density at radius 3 is 2.67 bits per heavy atom. The Hall–Kier alpha value is -1.95. The SMILES string of the molecule is NC(=O)c1csc(CNc2ccc(F)c(F)c2)c1. The Kier molecular flexibility index (Phi) is 3.57. The van der Waals surface area contributed by atoms with Crippen LogP contribution in [0.5, 0.6) is 0 Å². The lowest BCUT2D eigenvalue weighted by Crippen LogP contribution is -2.09. The molecule has 0 aliphatic carbocycles. The van der Waals surface area contributed by atoms with Crippen LogP contribution in [0.25, 0.3) is 0 Å². The molecule has 0 saturated carbocycles. The minimum absolute atomic E-state index is 0.420. The molecule has 2 rings (SSSR count). The van der Waals surface area contributed by atoms with Crippen LogP contribution in [-0.4, -0.2) is 5.91 Å². The van der Waals surface area contributed by atoms with E-state index in [-0.39, 0.29) is 0 Å². The van der Waals surface area contributed by atoms with Crippen LogP contribution in [0.2, 0.25) is 0 Å². The fourth-order valence-corrected chi connectivity index (χ4v) is 2.21. The highest BCUT2D eigenvalue weighted by molar-refractivity contribution is 7.10. The second kappa shape index (κ2) is 5.14. The van der Waals surface area contributed by atoms with Gasteiger partial charge in [0.2, 0.25) is 5.91 Å². The van der Waals surface area contributed by atoms with E-state index in [1.807, 2.05) is 0 Å². The van der Waals surface area contributed by atoms with Crippen molar-refractivity contribution in [2.24, 2.45) is 5.73 Å². The van der Waals surface area contributed by atoms with Gasteiger partial charge in [0, 0.05) is 28.6 Å². The van der Waals surface area contributed by atoms with Crippen molar-refractivity contribution in [2.45, 2.75) is 6.54 Å². The van der Waals surface area contributed by atoms with E-state index in [1.165, 1.54) is 17.4 Å². The van der Waals surface area contributed by atoms with E-state index in [1.54, 1.807) is 11.4 Å². The molecule has 0 aliphatic rings. The third-order valence-corrected chi connectivity index (χ3v) is 3.26. The fraction of sp³-hybridized carbons (Fsp3) is 0.0833. The summed E-state index contributed by atoms with van der Waals surface area (Å²) >= 11 is 1.37. The summed E-state index contributed by atoms with van der Waals surface area (Å²) in [5.74, 6) is -2.26. The van der Waals surface area contributed by atoms with Gasteiger partial charge in [-0.3, -0.25) is 4.79 Å². The monoisotopic (exact) mass is 268 g/mol. The lowest BCUT2D eigenvalue weighted by atomic mass is 10.2. The molecule has 0 radical (unpaired) electrons. The number of anilines is 1. The van der Waals surface area contributed by atoms with Crippen LogP contribution in [0.15, 0.2) is 29.6 Å². The molecule has 1 amide bonds. The molecule has 3 nitrogen and oxygen atoms in total. The molecule has 3 N–H and O–H groups in total. The molecule has 0 spiro atoms. The number of halogens is 2. The first-order chi connectivity index (χ1) is 8.56. The molecule has 6 heteroatoms. The topological polar surface area (TPSA) is 55.1 Å². The van der Waals surface area contributed by atoms with Gasteiger partial charge in [0.05, 0.1) is 5.56 Å². The van der Waals surface area contributed by atoms with E-state index < -0.39 is 17.5 Å². The van der Waals surface area contributed by atoms with Gasteiger partial charge >= 0.3 is 0 Å². The number of nitrogens with two attached hydrogens (primary N) is 1. The van der Waals surface area contributed by atoms with E-state index in [4.69, 9.17) is 5.73 Å². The van der Waals surface area contributed by atoms with E-state index >= 15 is 0 Å². The fourth-order valence-electron chi connectivity index (χ4n) is 1.40. The summed E-state index contributed by atoms with van der Waals surface area (Å²) in [6.45, 7) is 0.420. The number of primary amides is 1. The molecule has 1 heterocycles. The maximum atomic E-state index is 12.9. The molecule has 18 heavy (non-hydrogen) atoms. The van der Waals surface area contributed by atoms with Crippen molar-refractivity contribution in [3.63, 3.8) is 0 Å². The molecule has 94 valence electrons. The zero-order chi connectivity index (χ0) is 13.1. The van der Waals surface area contributed by atoms with Crippen LogP contribution >= 0.6 is 11.3 Å². The number of benzene rings is 1. The van der Waals surface area contributed by atoms with Gasteiger partial charge in [-0.15, -0.1) is 11.3 Å². The zero-order valence-electron chi connectivity index (χ0n) is 9.24. The van der Waals surface area contributed by atoms with Crippen molar-refractivity contribution in [3.05, 3.63) is 51.7 Å². The summed E-state index contributed by atoms with van der Waals surface area (Å²) < 4.78 is 25.6. The highest BCUT2D eigenvalue weighted by atomic mass is 32.1. The highest BCUT2D eigenvalue weighted by Gasteiger charge is 2.05. The van der Waals surface area contributed by atoms with E-state index in [0.717, 1.165) is 17.0 Å². The number of nitrogens with one attached hydrogen (secondary N) is 1. The van der Waals surface area contributed by atoms with Gasteiger partial charge in [-0.2, -0.15) is 0 Å². The Bertz CT molecular complexity index is 583. The first kappa shape index (κ1) is 12.5. The summed E-state index contributed by atoms with van der Waals surface area (Å²) in [6, 6.07) is 5.25. The molecule has 1 aromatic carbocycles. The van der Waals surface area contributed by atoms with Gasteiger partial charge in [0.1, 0.15) is 0 Å². The number of hydrogen-bond donors (Lipinski definition) is 2. The summed E-state index contributed by atoms with van der Waals surface area (Å²) in [4.78, 5) is 11.8. The second-order valence-electron chi connectivity index (χ2n) is 3.65. The van der Waals surface area contributed by atoms with Crippen LogP contribution in [-0.2, 0) is 6.54 Å². The van der Waals surface area contributed by atoms with Gasteiger partial charge in [0.15, 0.2) is 11.6 Å². The smallest absolute Gasteiger partial charge is 0.249 e. The minimum atomic E-state index is -0.899. The highest BCUT2D eigenvalue weighted by Crippen LogP contribution is 2.18. The summed E-state index contributed by atoms with van der Waals surface area (Å²) in [5, 5.41) is 4.59. The van der Waals surface area contributed by atoms with Crippen molar-refractivity contribution in [1.82, 2.24) is 0 Å². The normalized spacial score (nSPS) is 10.3. The molecule has 2 aromatic rings. The van der Waals surface area contributed by atoms with Crippen LogP contribution < -0.4 is 11.1 Å². The van der Waals surface area contributed by atoms with Gasteiger partial charge in [-0.05, 0) is 18.2 Å². The molecular formula is C12H10F2N2OS. The van der Waals surface area contributed by atoms with Crippen LogP contribution in [0.4, 0.5) is 14.5 Å².